The van der Waals surface area contributed by atoms with Crippen molar-refractivity contribution in [3.63, 3.8) is 0 Å². The van der Waals surface area contributed by atoms with Gasteiger partial charge in [-0.15, -0.1) is 0 Å². The van der Waals surface area contributed by atoms with Crippen LogP contribution < -0.4 is 9.64 Å². The number of phenols is 1. The Morgan fingerprint density at radius 2 is 1.78 bits per heavy atom. The van der Waals surface area contributed by atoms with Crippen molar-refractivity contribution in [2.75, 3.05) is 37.7 Å². The van der Waals surface area contributed by atoms with Crippen LogP contribution in [0.1, 0.15) is 24.2 Å². The Morgan fingerprint density at radius 3 is 2.41 bits per heavy atom. The number of amides is 1. The van der Waals surface area contributed by atoms with Gasteiger partial charge in [0.1, 0.15) is 18.1 Å². The highest BCUT2D eigenvalue weighted by Gasteiger charge is 2.22. The van der Waals surface area contributed by atoms with Gasteiger partial charge < -0.3 is 19.6 Å². The highest BCUT2D eigenvalue weighted by Crippen LogP contribution is 2.21. The number of aromatic hydroxyl groups is 1. The summed E-state index contributed by atoms with van der Waals surface area (Å²) in [6, 6.07) is 14.4. The minimum atomic E-state index is 0.0226. The number of piperazine rings is 1. The van der Waals surface area contributed by atoms with E-state index in [9.17, 15) is 9.90 Å². The molecule has 5 heteroatoms. The van der Waals surface area contributed by atoms with Gasteiger partial charge in [0.2, 0.25) is 0 Å². The Labute approximate surface area is 161 Å². The van der Waals surface area contributed by atoms with Crippen molar-refractivity contribution in [3.8, 4) is 11.5 Å². The monoisotopic (exact) mass is 368 g/mol. The van der Waals surface area contributed by atoms with Gasteiger partial charge in [-0.1, -0.05) is 32.6 Å². The number of ether oxygens (including phenoxy) is 1. The summed E-state index contributed by atoms with van der Waals surface area (Å²) in [5.41, 5.74) is 1.70. The van der Waals surface area contributed by atoms with E-state index in [-0.39, 0.29) is 11.7 Å². The van der Waals surface area contributed by atoms with E-state index in [4.69, 9.17) is 4.74 Å². The molecule has 1 aliphatic rings. The zero-order valence-corrected chi connectivity index (χ0v) is 16.1. The molecule has 0 radical (unpaired) electrons. The predicted octanol–water partition coefficient (Wildman–Crippen LogP) is 3.95. The first-order valence-electron chi connectivity index (χ1n) is 9.34. The topological polar surface area (TPSA) is 53.0 Å². The van der Waals surface area contributed by atoms with Crippen molar-refractivity contribution in [2.45, 2.75) is 13.8 Å². The van der Waals surface area contributed by atoms with Gasteiger partial charge in [-0.25, -0.2) is 0 Å². The minimum absolute atomic E-state index is 0.0226. The fourth-order valence-electron chi connectivity index (χ4n) is 2.89. The maximum absolute atomic E-state index is 12.7. The van der Waals surface area contributed by atoms with E-state index in [2.05, 4.69) is 11.5 Å². The molecule has 0 aromatic heterocycles. The van der Waals surface area contributed by atoms with Crippen LogP contribution in [0.5, 0.6) is 11.5 Å². The molecule has 27 heavy (non-hydrogen) atoms. The Balaban J connectivity index is 0.00000126. The van der Waals surface area contributed by atoms with Crippen LogP contribution in [0.2, 0.25) is 0 Å². The highest BCUT2D eigenvalue weighted by atomic mass is 16.5. The van der Waals surface area contributed by atoms with Gasteiger partial charge in [0.05, 0.1) is 0 Å². The molecule has 144 valence electrons. The molecule has 0 unspecified atom stereocenters. The van der Waals surface area contributed by atoms with Crippen LogP contribution in [0.3, 0.4) is 0 Å². The van der Waals surface area contributed by atoms with Gasteiger partial charge in [0, 0.05) is 37.4 Å². The summed E-state index contributed by atoms with van der Waals surface area (Å²) in [7, 11) is 0. The molecule has 1 amide bonds. The lowest BCUT2D eigenvalue weighted by molar-refractivity contribution is 0.0746. The van der Waals surface area contributed by atoms with E-state index in [1.807, 2.05) is 49.1 Å². The molecule has 0 saturated carbocycles. The van der Waals surface area contributed by atoms with Crippen LogP contribution in [-0.2, 0) is 0 Å². The van der Waals surface area contributed by atoms with E-state index < -0.39 is 0 Å². The fourth-order valence-corrected chi connectivity index (χ4v) is 2.89. The molecular weight excluding hydrogens is 340 g/mol. The molecule has 2 aromatic carbocycles. The second-order valence-electron chi connectivity index (χ2n) is 5.92. The second kappa shape index (κ2) is 10.3. The molecular formula is C22H28N2O3. The second-order valence-corrected chi connectivity index (χ2v) is 5.92. The maximum Gasteiger partial charge on any atom is 0.254 e. The summed E-state index contributed by atoms with van der Waals surface area (Å²) in [6.45, 7) is 10.9. The van der Waals surface area contributed by atoms with E-state index in [0.29, 0.717) is 31.0 Å². The number of nitrogens with zero attached hydrogens (tertiary/aromatic N) is 2. The standard InChI is InChI=1S/C20H22N2O3.C2H6/c1-2-14-25-19-5-3-4-16(15-19)20(24)22-12-10-21(11-13-22)17-6-8-18(23)9-7-17;1-2/h2-9,15,23H,1,10-14H2;1-2H3. The summed E-state index contributed by atoms with van der Waals surface area (Å²) < 4.78 is 5.50. The van der Waals surface area contributed by atoms with E-state index in [1.165, 1.54) is 0 Å². The number of hydrogen-bond donors (Lipinski definition) is 1. The average Bonchev–Trinajstić information content (AvgIpc) is 2.74. The predicted molar refractivity (Wildman–Crippen MR) is 110 cm³/mol. The van der Waals surface area contributed by atoms with Gasteiger partial charge in [-0.05, 0) is 42.5 Å². The van der Waals surface area contributed by atoms with E-state index in [0.717, 1.165) is 18.8 Å². The maximum atomic E-state index is 12.7. The first kappa shape index (κ1) is 20.4. The largest absolute Gasteiger partial charge is 0.508 e. The van der Waals surface area contributed by atoms with Crippen LogP contribution in [-0.4, -0.2) is 48.7 Å². The van der Waals surface area contributed by atoms with E-state index in [1.54, 1.807) is 24.3 Å². The molecule has 0 aliphatic carbocycles. The van der Waals surface area contributed by atoms with Crippen molar-refractivity contribution in [2.24, 2.45) is 0 Å². The Bertz CT molecular complexity index is 735. The Morgan fingerprint density at radius 1 is 1.11 bits per heavy atom. The summed E-state index contributed by atoms with van der Waals surface area (Å²) >= 11 is 0. The number of anilines is 1. The molecule has 1 saturated heterocycles. The molecule has 0 bridgehead atoms. The van der Waals surface area contributed by atoms with Gasteiger partial charge >= 0.3 is 0 Å². The van der Waals surface area contributed by atoms with E-state index >= 15 is 0 Å². The lowest BCUT2D eigenvalue weighted by Gasteiger charge is -2.36. The van der Waals surface area contributed by atoms with Crippen LogP contribution in [0.4, 0.5) is 5.69 Å². The van der Waals surface area contributed by atoms with Crippen LogP contribution in [0, 0.1) is 0 Å². The Kier molecular flexibility index (Phi) is 7.74. The molecule has 1 fully saturated rings. The molecule has 5 nitrogen and oxygen atoms in total. The lowest BCUT2D eigenvalue weighted by atomic mass is 10.1. The summed E-state index contributed by atoms with van der Waals surface area (Å²) in [5, 5.41) is 9.39. The first-order chi connectivity index (χ1) is 13.2. The minimum Gasteiger partial charge on any atom is -0.508 e. The first-order valence-corrected chi connectivity index (χ1v) is 9.34. The third kappa shape index (κ3) is 5.51. The molecule has 1 aliphatic heterocycles. The molecule has 1 heterocycles. The average molecular weight is 368 g/mol. The lowest BCUT2D eigenvalue weighted by Crippen LogP contribution is -2.48. The molecule has 1 N–H and O–H groups in total. The highest BCUT2D eigenvalue weighted by molar-refractivity contribution is 5.94. The number of rotatable bonds is 5. The van der Waals surface area contributed by atoms with Crippen molar-refractivity contribution < 1.29 is 14.6 Å². The molecule has 0 atom stereocenters. The van der Waals surface area contributed by atoms with Crippen LogP contribution in [0.15, 0.2) is 61.2 Å². The van der Waals surface area contributed by atoms with Crippen molar-refractivity contribution in [1.29, 1.82) is 0 Å². The number of phenolic OH excluding ortho intramolecular Hbond substituents is 1. The number of carbonyl (C=O) groups is 1. The van der Waals surface area contributed by atoms with Gasteiger partial charge in [-0.2, -0.15) is 0 Å². The van der Waals surface area contributed by atoms with Crippen molar-refractivity contribution >= 4 is 11.6 Å². The fraction of sp³-hybridized carbons (Fsp3) is 0.318. The zero-order valence-electron chi connectivity index (χ0n) is 16.1. The third-order valence-electron chi connectivity index (χ3n) is 4.23. The zero-order chi connectivity index (χ0) is 19.6. The third-order valence-corrected chi connectivity index (χ3v) is 4.23. The summed E-state index contributed by atoms with van der Waals surface area (Å²) in [4.78, 5) is 16.8. The number of hydrogen-bond acceptors (Lipinski definition) is 4. The quantitative estimate of drug-likeness (QED) is 0.812. The van der Waals surface area contributed by atoms with Gasteiger partial charge in [0.15, 0.2) is 0 Å². The van der Waals surface area contributed by atoms with Crippen LogP contribution in [0.25, 0.3) is 0 Å². The SMILES string of the molecule is C=CCOc1cccc(C(=O)N2CCN(c3ccc(O)cc3)CC2)c1.CC. The van der Waals surface area contributed by atoms with Crippen molar-refractivity contribution in [1.82, 2.24) is 4.90 Å². The molecule has 2 aromatic rings. The summed E-state index contributed by atoms with van der Waals surface area (Å²) in [5.74, 6) is 0.957. The number of benzene rings is 2. The Hall–Kier alpha value is -2.95. The van der Waals surface area contributed by atoms with Gasteiger partial charge in [-0.3, -0.25) is 4.79 Å². The summed E-state index contributed by atoms with van der Waals surface area (Å²) in [6.07, 6.45) is 1.68. The van der Waals surface area contributed by atoms with Crippen LogP contribution >= 0.6 is 0 Å². The normalized spacial score (nSPS) is 13.4. The van der Waals surface area contributed by atoms with Crippen molar-refractivity contribution in [3.05, 3.63) is 66.7 Å². The smallest absolute Gasteiger partial charge is 0.254 e. The number of carbonyl (C=O) groups excluding carboxylic acids is 1. The molecule has 0 spiro atoms. The molecule has 3 rings (SSSR count). The van der Waals surface area contributed by atoms with Gasteiger partial charge in [0.25, 0.3) is 5.91 Å².